The smallest absolute Gasteiger partial charge is 0.290 e. The molecule has 4 nitrogen and oxygen atoms in total. The summed E-state index contributed by atoms with van der Waals surface area (Å²) in [5, 5.41) is 0. The van der Waals surface area contributed by atoms with E-state index in [1.165, 1.54) is 6.20 Å². The van der Waals surface area contributed by atoms with Gasteiger partial charge in [0, 0.05) is 31.9 Å². The van der Waals surface area contributed by atoms with E-state index >= 15 is 0 Å². The van der Waals surface area contributed by atoms with Crippen molar-refractivity contribution in [2.45, 2.75) is 0 Å². The van der Waals surface area contributed by atoms with Gasteiger partial charge in [-0.2, -0.15) is 0 Å². The molecule has 12 heavy (non-hydrogen) atoms. The van der Waals surface area contributed by atoms with E-state index in [0.29, 0.717) is 18.2 Å². The first-order valence-corrected chi connectivity index (χ1v) is 4.10. The van der Waals surface area contributed by atoms with Crippen molar-refractivity contribution in [1.82, 2.24) is 9.97 Å². The molecular formula is C7H10ClN3O. The summed E-state index contributed by atoms with van der Waals surface area (Å²) in [4.78, 5) is 19.3. The fraction of sp³-hybridized carbons (Fsp3) is 0.429. The van der Waals surface area contributed by atoms with Gasteiger partial charge in [0.2, 0.25) is 0 Å². The molecule has 0 saturated carbocycles. The highest BCUT2D eigenvalue weighted by atomic mass is 35.5. The Bertz CT molecular complexity index is 299. The lowest BCUT2D eigenvalue weighted by molar-refractivity contribution is 0.918. The summed E-state index contributed by atoms with van der Waals surface area (Å²) in [5.41, 5.74) is -0.190. The molecule has 5 heteroatoms. The molecule has 0 atom stereocenters. The highest BCUT2D eigenvalue weighted by molar-refractivity contribution is 6.18. The van der Waals surface area contributed by atoms with Crippen LogP contribution in [0.3, 0.4) is 0 Å². The van der Waals surface area contributed by atoms with E-state index < -0.39 is 0 Å². The highest BCUT2D eigenvalue weighted by Crippen LogP contribution is 1.97. The van der Waals surface area contributed by atoms with Gasteiger partial charge in [-0.3, -0.25) is 4.79 Å². The average Bonchev–Trinajstić information content (AvgIpc) is 2.05. The summed E-state index contributed by atoms with van der Waals surface area (Å²) in [6.45, 7) is 0.613. The fourth-order valence-electron chi connectivity index (χ4n) is 0.849. The van der Waals surface area contributed by atoms with E-state index in [2.05, 4.69) is 9.97 Å². The molecule has 0 spiro atoms. The van der Waals surface area contributed by atoms with Crippen molar-refractivity contribution in [3.63, 3.8) is 0 Å². The molecule has 0 aromatic carbocycles. The largest absolute Gasteiger partial charge is 0.354 e. The quantitative estimate of drug-likeness (QED) is 0.699. The predicted octanol–water partition coefficient (Wildman–Crippen LogP) is 0.445. The third-order valence-corrected chi connectivity index (χ3v) is 1.64. The number of nitrogens with one attached hydrogen (secondary N) is 1. The Labute approximate surface area is 75.2 Å². The number of hydrogen-bond donors (Lipinski definition) is 1. The summed E-state index contributed by atoms with van der Waals surface area (Å²) < 4.78 is 0. The second-order valence-corrected chi connectivity index (χ2v) is 2.73. The van der Waals surface area contributed by atoms with Gasteiger partial charge < -0.3 is 9.88 Å². The van der Waals surface area contributed by atoms with E-state index in [-0.39, 0.29) is 5.56 Å². The first-order valence-electron chi connectivity index (χ1n) is 3.56. The molecule has 1 aromatic rings. The molecule has 0 fully saturated rings. The Morgan fingerprint density at radius 1 is 1.75 bits per heavy atom. The van der Waals surface area contributed by atoms with E-state index in [1.54, 1.807) is 18.1 Å². The number of rotatable bonds is 3. The summed E-state index contributed by atoms with van der Waals surface area (Å²) in [5.74, 6) is 0.880. The lowest BCUT2D eigenvalue weighted by Gasteiger charge is -2.14. The van der Waals surface area contributed by atoms with Crippen LogP contribution < -0.4 is 10.5 Å². The second-order valence-electron chi connectivity index (χ2n) is 2.35. The van der Waals surface area contributed by atoms with Crippen molar-refractivity contribution in [2.24, 2.45) is 0 Å². The van der Waals surface area contributed by atoms with Gasteiger partial charge in [0.05, 0.1) is 0 Å². The number of alkyl halides is 1. The van der Waals surface area contributed by atoms with Gasteiger partial charge in [0.15, 0.2) is 5.82 Å². The van der Waals surface area contributed by atoms with Crippen LogP contribution in [-0.2, 0) is 0 Å². The zero-order valence-electron chi connectivity index (χ0n) is 6.75. The van der Waals surface area contributed by atoms with Crippen LogP contribution in [0, 0.1) is 0 Å². The van der Waals surface area contributed by atoms with Crippen LogP contribution in [0.4, 0.5) is 5.82 Å². The minimum Gasteiger partial charge on any atom is -0.354 e. The monoisotopic (exact) mass is 187 g/mol. The van der Waals surface area contributed by atoms with Crippen LogP contribution in [0.15, 0.2) is 17.2 Å². The second kappa shape index (κ2) is 4.11. The van der Waals surface area contributed by atoms with E-state index in [4.69, 9.17) is 11.6 Å². The summed E-state index contributed by atoms with van der Waals surface area (Å²) in [7, 11) is 1.78. The van der Waals surface area contributed by atoms with Gasteiger partial charge in [-0.1, -0.05) is 0 Å². The number of nitrogens with zero attached hydrogens (tertiary/aromatic N) is 2. The maximum atomic E-state index is 11.1. The molecule has 0 radical (unpaired) electrons. The average molecular weight is 188 g/mol. The van der Waals surface area contributed by atoms with Crippen molar-refractivity contribution in [1.29, 1.82) is 0 Å². The van der Waals surface area contributed by atoms with Crippen LogP contribution in [0.1, 0.15) is 0 Å². The molecule has 0 amide bonds. The molecule has 1 aromatic heterocycles. The highest BCUT2D eigenvalue weighted by Gasteiger charge is 2.04. The topological polar surface area (TPSA) is 49.0 Å². The molecule has 0 bridgehead atoms. The van der Waals surface area contributed by atoms with Gasteiger partial charge in [-0.15, -0.1) is 11.6 Å². The van der Waals surface area contributed by atoms with Crippen molar-refractivity contribution < 1.29 is 0 Å². The summed E-state index contributed by atoms with van der Waals surface area (Å²) >= 11 is 5.52. The van der Waals surface area contributed by atoms with Crippen molar-refractivity contribution in [3.8, 4) is 0 Å². The molecule has 66 valence electrons. The van der Waals surface area contributed by atoms with Crippen molar-refractivity contribution in [2.75, 3.05) is 24.4 Å². The number of aromatic nitrogens is 2. The summed E-state index contributed by atoms with van der Waals surface area (Å²) in [6.07, 6.45) is 3.04. The zero-order valence-corrected chi connectivity index (χ0v) is 7.51. The van der Waals surface area contributed by atoms with Crippen LogP contribution >= 0.6 is 11.6 Å². The Morgan fingerprint density at radius 3 is 3.08 bits per heavy atom. The Balaban J connectivity index is 2.87. The van der Waals surface area contributed by atoms with Gasteiger partial charge in [0.1, 0.15) is 0 Å². The zero-order chi connectivity index (χ0) is 8.97. The minimum atomic E-state index is -0.190. The van der Waals surface area contributed by atoms with Gasteiger partial charge in [0.25, 0.3) is 5.56 Å². The van der Waals surface area contributed by atoms with E-state index in [0.717, 1.165) is 0 Å². The SMILES string of the molecule is CN(CCCl)c1ncc[nH]c1=O. The normalized spacial score (nSPS) is 9.83. The third kappa shape index (κ3) is 1.98. The van der Waals surface area contributed by atoms with E-state index in [1.807, 2.05) is 0 Å². The maximum Gasteiger partial charge on any atom is 0.290 e. The van der Waals surface area contributed by atoms with Gasteiger partial charge >= 0.3 is 0 Å². The van der Waals surface area contributed by atoms with Crippen LogP contribution in [-0.4, -0.2) is 29.4 Å². The van der Waals surface area contributed by atoms with Crippen LogP contribution in [0.2, 0.25) is 0 Å². The Morgan fingerprint density at radius 2 is 2.50 bits per heavy atom. The van der Waals surface area contributed by atoms with Gasteiger partial charge in [-0.05, 0) is 0 Å². The van der Waals surface area contributed by atoms with E-state index in [9.17, 15) is 4.79 Å². The number of hydrogen-bond acceptors (Lipinski definition) is 3. The Hall–Kier alpha value is -1.03. The molecule has 0 aliphatic carbocycles. The lowest BCUT2D eigenvalue weighted by atomic mass is 10.5. The lowest BCUT2D eigenvalue weighted by Crippen LogP contribution is -2.27. The van der Waals surface area contributed by atoms with Crippen molar-refractivity contribution >= 4 is 17.4 Å². The molecule has 0 aliphatic heterocycles. The molecule has 1 heterocycles. The van der Waals surface area contributed by atoms with Crippen molar-refractivity contribution in [3.05, 3.63) is 22.7 Å². The predicted molar refractivity (Wildman–Crippen MR) is 48.8 cm³/mol. The first-order chi connectivity index (χ1) is 5.75. The first kappa shape index (κ1) is 9.06. The standard InChI is InChI=1S/C7H10ClN3O/c1-11(5-2-8)6-7(12)10-4-3-9-6/h3-4H,2,5H2,1H3,(H,10,12). The number of halogens is 1. The molecule has 0 unspecified atom stereocenters. The molecule has 1 N–H and O–H groups in total. The minimum absolute atomic E-state index is 0.190. The number of H-pyrrole nitrogens is 1. The number of anilines is 1. The molecule has 1 rings (SSSR count). The molecular weight excluding hydrogens is 178 g/mol. The maximum absolute atomic E-state index is 11.1. The molecule has 0 saturated heterocycles. The van der Waals surface area contributed by atoms with Crippen LogP contribution in [0.25, 0.3) is 0 Å². The number of aromatic amines is 1. The molecule has 0 aliphatic rings. The van der Waals surface area contributed by atoms with Gasteiger partial charge in [-0.25, -0.2) is 4.98 Å². The van der Waals surface area contributed by atoms with Crippen LogP contribution in [0.5, 0.6) is 0 Å². The third-order valence-electron chi connectivity index (χ3n) is 1.47. The Kier molecular flexibility index (Phi) is 3.10. The fourth-order valence-corrected chi connectivity index (χ4v) is 1.10. The summed E-state index contributed by atoms with van der Waals surface area (Å²) in [6, 6.07) is 0.